The fourth-order valence-corrected chi connectivity index (χ4v) is 2.02. The van der Waals surface area contributed by atoms with Crippen LogP contribution in [0.1, 0.15) is 39.5 Å². The molecule has 1 aromatic heterocycles. The van der Waals surface area contributed by atoms with Crippen molar-refractivity contribution in [3.05, 3.63) is 10.7 Å². The number of nitrogens with zero attached hydrogens (tertiary/aromatic N) is 2. The summed E-state index contributed by atoms with van der Waals surface area (Å²) in [5.74, 6) is 1.78. The Morgan fingerprint density at radius 1 is 1.47 bits per heavy atom. The minimum Gasteiger partial charge on any atom is -0.369 e. The van der Waals surface area contributed by atoms with Crippen LogP contribution in [0.15, 0.2) is 10.7 Å². The second-order valence-corrected chi connectivity index (χ2v) is 5.08. The molecule has 3 N–H and O–H groups in total. The molecule has 1 aromatic rings. The molecule has 0 aliphatic heterocycles. The maximum atomic E-state index is 5.56. The van der Waals surface area contributed by atoms with E-state index in [1.54, 1.807) is 6.20 Å². The van der Waals surface area contributed by atoms with E-state index >= 15 is 0 Å². The van der Waals surface area contributed by atoms with Crippen LogP contribution < -0.4 is 11.1 Å². The smallest absolute Gasteiger partial charge is 0.221 e. The number of halogens is 1. The zero-order valence-corrected chi connectivity index (χ0v) is 12.1. The number of hydrogen-bond acceptors (Lipinski definition) is 4. The lowest BCUT2D eigenvalue weighted by atomic mass is 9.99. The van der Waals surface area contributed by atoms with Crippen molar-refractivity contribution >= 4 is 27.7 Å². The number of aromatic nitrogens is 2. The highest BCUT2D eigenvalue weighted by Crippen LogP contribution is 2.20. The maximum Gasteiger partial charge on any atom is 0.221 e. The van der Waals surface area contributed by atoms with Crippen LogP contribution in [-0.4, -0.2) is 16.5 Å². The van der Waals surface area contributed by atoms with Crippen molar-refractivity contribution in [1.82, 2.24) is 9.97 Å². The van der Waals surface area contributed by atoms with Gasteiger partial charge in [-0.25, -0.2) is 4.98 Å². The van der Waals surface area contributed by atoms with E-state index in [4.69, 9.17) is 5.73 Å². The second kappa shape index (κ2) is 7.48. The van der Waals surface area contributed by atoms with Crippen LogP contribution in [0.3, 0.4) is 0 Å². The molecule has 0 amide bonds. The number of rotatable bonds is 7. The average Bonchev–Trinajstić information content (AvgIpc) is 2.33. The van der Waals surface area contributed by atoms with Gasteiger partial charge < -0.3 is 11.1 Å². The molecular weight excluding hydrogens is 280 g/mol. The summed E-state index contributed by atoms with van der Waals surface area (Å²) in [6.45, 7) is 5.39. The molecule has 5 heteroatoms. The predicted octanol–water partition coefficient (Wildman–Crippen LogP) is 3.45. The Labute approximate surface area is 112 Å². The van der Waals surface area contributed by atoms with Gasteiger partial charge in [-0.2, -0.15) is 4.98 Å². The van der Waals surface area contributed by atoms with Crippen molar-refractivity contribution in [3.63, 3.8) is 0 Å². The zero-order valence-electron chi connectivity index (χ0n) is 10.5. The lowest BCUT2D eigenvalue weighted by molar-refractivity contribution is 0.472. The molecule has 1 rings (SSSR count). The van der Waals surface area contributed by atoms with Gasteiger partial charge in [-0.3, -0.25) is 0 Å². The highest BCUT2D eigenvalue weighted by molar-refractivity contribution is 9.10. The van der Waals surface area contributed by atoms with E-state index < -0.39 is 0 Å². The first-order valence-corrected chi connectivity index (χ1v) is 6.98. The summed E-state index contributed by atoms with van der Waals surface area (Å²) in [6, 6.07) is 0. The van der Waals surface area contributed by atoms with E-state index in [1.165, 1.54) is 25.7 Å². The monoisotopic (exact) mass is 300 g/mol. The van der Waals surface area contributed by atoms with Crippen LogP contribution in [0.5, 0.6) is 0 Å². The average molecular weight is 301 g/mol. The van der Waals surface area contributed by atoms with Crippen molar-refractivity contribution in [2.75, 3.05) is 17.6 Å². The molecule has 0 aliphatic rings. The Bertz CT molecular complexity index is 343. The van der Waals surface area contributed by atoms with Crippen LogP contribution >= 0.6 is 15.9 Å². The fourth-order valence-electron chi connectivity index (χ4n) is 1.69. The number of anilines is 2. The van der Waals surface area contributed by atoms with Gasteiger partial charge in [-0.1, -0.05) is 33.1 Å². The van der Waals surface area contributed by atoms with Gasteiger partial charge >= 0.3 is 0 Å². The Kier molecular flexibility index (Phi) is 6.26. The predicted molar refractivity (Wildman–Crippen MR) is 75.9 cm³/mol. The van der Waals surface area contributed by atoms with Gasteiger partial charge in [0.1, 0.15) is 5.82 Å². The molecule has 1 heterocycles. The van der Waals surface area contributed by atoms with E-state index in [-0.39, 0.29) is 0 Å². The van der Waals surface area contributed by atoms with Crippen LogP contribution in [0, 0.1) is 5.92 Å². The van der Waals surface area contributed by atoms with Gasteiger partial charge in [0.25, 0.3) is 0 Å². The van der Waals surface area contributed by atoms with E-state index in [0.717, 1.165) is 16.8 Å². The Morgan fingerprint density at radius 3 is 2.88 bits per heavy atom. The summed E-state index contributed by atoms with van der Waals surface area (Å²) < 4.78 is 0.858. The van der Waals surface area contributed by atoms with Crippen LogP contribution in [0.25, 0.3) is 0 Å². The van der Waals surface area contributed by atoms with Gasteiger partial charge in [0.05, 0.1) is 4.47 Å². The van der Waals surface area contributed by atoms with Crippen molar-refractivity contribution in [2.45, 2.75) is 39.5 Å². The number of nitrogens with two attached hydrogens (primary N) is 1. The molecule has 4 nitrogen and oxygen atoms in total. The van der Waals surface area contributed by atoms with Crippen LogP contribution in [0.4, 0.5) is 11.8 Å². The van der Waals surface area contributed by atoms with Crippen molar-refractivity contribution in [2.24, 2.45) is 5.92 Å². The zero-order chi connectivity index (χ0) is 12.7. The summed E-state index contributed by atoms with van der Waals surface area (Å²) in [5.41, 5.74) is 5.56. The summed E-state index contributed by atoms with van der Waals surface area (Å²) in [6.07, 6.45) is 6.66. The molecule has 0 radical (unpaired) electrons. The minimum atomic E-state index is 0.303. The number of nitrogen functional groups attached to an aromatic ring is 1. The first-order valence-electron chi connectivity index (χ1n) is 6.19. The normalized spacial score (nSPS) is 12.4. The standard InChI is InChI=1S/C12H21BrN4/c1-3-5-6-9(4-2)7-15-11-10(13)8-16-12(14)17-11/h8-9H,3-7H2,1-2H3,(H3,14,15,16,17). The highest BCUT2D eigenvalue weighted by atomic mass is 79.9. The molecule has 0 spiro atoms. The summed E-state index contributed by atoms with van der Waals surface area (Å²) in [5, 5.41) is 3.34. The van der Waals surface area contributed by atoms with E-state index in [1.807, 2.05) is 0 Å². The summed E-state index contributed by atoms with van der Waals surface area (Å²) in [4.78, 5) is 8.08. The molecule has 0 bridgehead atoms. The first-order chi connectivity index (χ1) is 8.17. The molecule has 0 aliphatic carbocycles. The van der Waals surface area contributed by atoms with E-state index in [0.29, 0.717) is 11.9 Å². The number of nitrogens with one attached hydrogen (secondary N) is 1. The fraction of sp³-hybridized carbons (Fsp3) is 0.667. The third-order valence-electron chi connectivity index (χ3n) is 2.86. The summed E-state index contributed by atoms with van der Waals surface area (Å²) in [7, 11) is 0. The van der Waals surface area contributed by atoms with Gasteiger partial charge in [0.15, 0.2) is 0 Å². The van der Waals surface area contributed by atoms with Crippen molar-refractivity contribution in [1.29, 1.82) is 0 Å². The van der Waals surface area contributed by atoms with Crippen molar-refractivity contribution in [3.8, 4) is 0 Å². The third kappa shape index (κ3) is 4.89. The van der Waals surface area contributed by atoms with Gasteiger partial charge in [0, 0.05) is 12.7 Å². The molecule has 0 fully saturated rings. The third-order valence-corrected chi connectivity index (χ3v) is 3.44. The molecule has 17 heavy (non-hydrogen) atoms. The highest BCUT2D eigenvalue weighted by Gasteiger charge is 2.08. The Morgan fingerprint density at radius 2 is 2.24 bits per heavy atom. The lowest BCUT2D eigenvalue weighted by Gasteiger charge is -2.16. The molecule has 96 valence electrons. The van der Waals surface area contributed by atoms with E-state index in [2.05, 4.69) is 45.1 Å². The lowest BCUT2D eigenvalue weighted by Crippen LogP contribution is -2.15. The Hall–Kier alpha value is -0.840. The van der Waals surface area contributed by atoms with Crippen LogP contribution in [-0.2, 0) is 0 Å². The molecular formula is C12H21BrN4. The first kappa shape index (κ1) is 14.2. The van der Waals surface area contributed by atoms with Gasteiger partial charge in [-0.15, -0.1) is 0 Å². The van der Waals surface area contributed by atoms with Crippen molar-refractivity contribution < 1.29 is 0 Å². The SMILES string of the molecule is CCCCC(CC)CNc1nc(N)ncc1Br. The molecule has 1 atom stereocenters. The molecule has 1 unspecified atom stereocenters. The molecule has 0 aromatic carbocycles. The topological polar surface area (TPSA) is 63.8 Å². The molecule has 0 saturated heterocycles. The second-order valence-electron chi connectivity index (χ2n) is 4.22. The minimum absolute atomic E-state index is 0.303. The van der Waals surface area contributed by atoms with Crippen LogP contribution in [0.2, 0.25) is 0 Å². The molecule has 0 saturated carbocycles. The van der Waals surface area contributed by atoms with Gasteiger partial charge in [0.2, 0.25) is 5.95 Å². The maximum absolute atomic E-state index is 5.56. The number of hydrogen-bond donors (Lipinski definition) is 2. The number of unbranched alkanes of at least 4 members (excludes halogenated alkanes) is 1. The summed E-state index contributed by atoms with van der Waals surface area (Å²) >= 11 is 3.41. The Balaban J connectivity index is 2.50. The van der Waals surface area contributed by atoms with E-state index in [9.17, 15) is 0 Å². The quantitative estimate of drug-likeness (QED) is 0.809. The van der Waals surface area contributed by atoms with Gasteiger partial charge in [-0.05, 0) is 28.3 Å². The largest absolute Gasteiger partial charge is 0.369 e.